The Balaban J connectivity index is 1.90. The summed E-state index contributed by atoms with van der Waals surface area (Å²) in [6.07, 6.45) is 1.22. The van der Waals surface area contributed by atoms with E-state index in [0.29, 0.717) is 22.9 Å². The van der Waals surface area contributed by atoms with Crippen LogP contribution < -0.4 is 19.2 Å². The van der Waals surface area contributed by atoms with E-state index in [0.717, 1.165) is 4.31 Å². The summed E-state index contributed by atoms with van der Waals surface area (Å²) in [4.78, 5) is 12.7. The van der Waals surface area contributed by atoms with Gasteiger partial charge >= 0.3 is 0 Å². The number of amides is 1. The molecule has 0 aliphatic carbocycles. The molecule has 11 heteroatoms. The first-order chi connectivity index (χ1) is 16.8. The minimum Gasteiger partial charge on any atom is -0.504 e. The van der Waals surface area contributed by atoms with E-state index in [9.17, 15) is 18.3 Å². The number of methoxy groups -OCH3 is 1. The molecule has 35 heavy (non-hydrogen) atoms. The second kappa shape index (κ2) is 11.6. The number of ether oxygens (including phenoxy) is 2. The van der Waals surface area contributed by atoms with Gasteiger partial charge in [-0.15, -0.1) is 0 Å². The van der Waals surface area contributed by atoms with E-state index in [4.69, 9.17) is 21.1 Å². The summed E-state index contributed by atoms with van der Waals surface area (Å²) in [5.41, 5.74) is 2.78. The minimum atomic E-state index is -4.17. The topological polar surface area (TPSA) is 118 Å². The van der Waals surface area contributed by atoms with E-state index in [1.165, 1.54) is 37.6 Å². The summed E-state index contributed by atoms with van der Waals surface area (Å²) < 4.78 is 38.6. The first-order valence-electron chi connectivity index (χ1n) is 10.5. The monoisotopic (exact) mass is 517 g/mol. The Kier molecular flexibility index (Phi) is 8.56. The molecule has 0 saturated carbocycles. The van der Waals surface area contributed by atoms with Crippen LogP contribution in [-0.4, -0.2) is 45.9 Å². The molecule has 0 saturated heterocycles. The van der Waals surface area contributed by atoms with Crippen LogP contribution in [0.2, 0.25) is 5.02 Å². The molecule has 0 aliphatic rings. The predicted molar refractivity (Wildman–Crippen MR) is 134 cm³/mol. The third-order valence-electron chi connectivity index (χ3n) is 4.77. The second-order valence-electron chi connectivity index (χ2n) is 7.06. The first kappa shape index (κ1) is 25.9. The lowest BCUT2D eigenvalue weighted by atomic mass is 10.2. The number of hydrogen-bond acceptors (Lipinski definition) is 7. The van der Waals surface area contributed by atoms with Crippen molar-refractivity contribution in [3.63, 3.8) is 0 Å². The molecule has 0 atom stereocenters. The Morgan fingerprint density at radius 3 is 2.46 bits per heavy atom. The molecular formula is C24H24ClN3O6S. The van der Waals surface area contributed by atoms with Crippen molar-refractivity contribution in [3.8, 4) is 17.2 Å². The van der Waals surface area contributed by atoms with Crippen LogP contribution in [0.3, 0.4) is 0 Å². The summed E-state index contributed by atoms with van der Waals surface area (Å²) in [6, 6.07) is 16.9. The Labute approximate surface area is 208 Å². The molecule has 3 aromatic carbocycles. The number of nitrogens with one attached hydrogen (secondary N) is 1. The fourth-order valence-corrected chi connectivity index (χ4v) is 4.68. The van der Waals surface area contributed by atoms with Gasteiger partial charge in [0.25, 0.3) is 15.9 Å². The normalized spacial score (nSPS) is 11.3. The lowest BCUT2D eigenvalue weighted by molar-refractivity contribution is -0.119. The Hall–Kier alpha value is -3.76. The lowest BCUT2D eigenvalue weighted by Crippen LogP contribution is -2.39. The highest BCUT2D eigenvalue weighted by Crippen LogP contribution is 2.33. The van der Waals surface area contributed by atoms with Crippen molar-refractivity contribution in [2.45, 2.75) is 11.8 Å². The quantitative estimate of drug-likeness (QED) is 0.312. The van der Waals surface area contributed by atoms with Gasteiger partial charge < -0.3 is 14.6 Å². The van der Waals surface area contributed by atoms with Crippen LogP contribution in [0.25, 0.3) is 0 Å². The molecule has 0 spiro atoms. The number of carbonyl (C=O) groups excluding carboxylic acids is 1. The zero-order valence-electron chi connectivity index (χ0n) is 19.0. The van der Waals surface area contributed by atoms with Gasteiger partial charge in [0.1, 0.15) is 12.3 Å². The van der Waals surface area contributed by atoms with E-state index < -0.39 is 22.5 Å². The Morgan fingerprint density at radius 2 is 1.77 bits per heavy atom. The molecule has 9 nitrogen and oxygen atoms in total. The summed E-state index contributed by atoms with van der Waals surface area (Å²) in [6.45, 7) is 1.48. The van der Waals surface area contributed by atoms with E-state index >= 15 is 0 Å². The van der Waals surface area contributed by atoms with Crippen LogP contribution in [0.5, 0.6) is 17.2 Å². The number of rotatable bonds is 10. The molecule has 0 aliphatic heterocycles. The van der Waals surface area contributed by atoms with Crippen molar-refractivity contribution in [3.05, 3.63) is 77.3 Å². The predicted octanol–water partition coefficient (Wildman–Crippen LogP) is 3.80. The molecular weight excluding hydrogens is 494 g/mol. The molecule has 184 valence electrons. The van der Waals surface area contributed by atoms with E-state index in [1.54, 1.807) is 49.4 Å². The van der Waals surface area contributed by atoms with E-state index in [-0.39, 0.29) is 22.1 Å². The number of benzene rings is 3. The SMILES string of the molecule is CCOc1ccccc1N(CC(=O)N/N=C\c1cccc(OC)c1O)S(=O)(=O)c1ccc(Cl)cc1. The number of hydrogen-bond donors (Lipinski definition) is 2. The summed E-state index contributed by atoms with van der Waals surface area (Å²) in [5.74, 6) is -0.323. The molecule has 0 aromatic heterocycles. The van der Waals surface area contributed by atoms with E-state index in [2.05, 4.69) is 10.5 Å². The highest BCUT2D eigenvalue weighted by molar-refractivity contribution is 7.92. The lowest BCUT2D eigenvalue weighted by Gasteiger charge is -2.25. The molecule has 3 rings (SSSR count). The highest BCUT2D eigenvalue weighted by atomic mass is 35.5. The van der Waals surface area contributed by atoms with Crippen LogP contribution in [0.1, 0.15) is 12.5 Å². The molecule has 0 radical (unpaired) electrons. The summed E-state index contributed by atoms with van der Waals surface area (Å²) >= 11 is 5.91. The van der Waals surface area contributed by atoms with Gasteiger partial charge in [-0.05, 0) is 55.5 Å². The van der Waals surface area contributed by atoms with Crippen molar-refractivity contribution in [1.82, 2.24) is 5.43 Å². The third kappa shape index (κ3) is 6.23. The van der Waals surface area contributed by atoms with Gasteiger partial charge in [-0.3, -0.25) is 9.10 Å². The smallest absolute Gasteiger partial charge is 0.264 e. The zero-order valence-corrected chi connectivity index (χ0v) is 20.6. The number of carbonyl (C=O) groups is 1. The average Bonchev–Trinajstić information content (AvgIpc) is 2.84. The number of phenols is 1. The molecule has 1 amide bonds. The molecule has 0 heterocycles. The maximum absolute atomic E-state index is 13.5. The van der Waals surface area contributed by atoms with Crippen LogP contribution in [0.15, 0.2) is 76.7 Å². The number of hydrazone groups is 1. The van der Waals surface area contributed by atoms with Gasteiger partial charge in [-0.25, -0.2) is 13.8 Å². The largest absolute Gasteiger partial charge is 0.504 e. The summed E-state index contributed by atoms with van der Waals surface area (Å²) in [7, 11) is -2.76. The van der Waals surface area contributed by atoms with Crippen LogP contribution in [0.4, 0.5) is 5.69 Å². The maximum atomic E-state index is 13.5. The number of phenolic OH excluding ortho intramolecular Hbond substituents is 1. The average molecular weight is 518 g/mol. The van der Waals surface area contributed by atoms with Crippen molar-refractivity contribution in [2.75, 3.05) is 24.6 Å². The number of nitrogens with zero attached hydrogens (tertiary/aromatic N) is 2. The van der Waals surface area contributed by atoms with Crippen molar-refractivity contribution >= 4 is 39.4 Å². The standard InChI is InChI=1S/C24H24ClN3O6S/c1-3-34-21-9-5-4-8-20(21)28(35(31,32)19-13-11-18(25)12-14-19)16-23(29)27-26-15-17-7-6-10-22(33-2)24(17)30/h4-15,30H,3,16H2,1-2H3,(H,27,29)/b26-15-. The van der Waals surface area contributed by atoms with Gasteiger partial charge in [-0.2, -0.15) is 5.10 Å². The fourth-order valence-electron chi connectivity index (χ4n) is 3.12. The van der Waals surface area contributed by atoms with Crippen LogP contribution in [0, 0.1) is 0 Å². The first-order valence-corrected chi connectivity index (χ1v) is 12.3. The molecule has 2 N–H and O–H groups in total. The maximum Gasteiger partial charge on any atom is 0.264 e. The highest BCUT2D eigenvalue weighted by Gasteiger charge is 2.29. The fraction of sp³-hybridized carbons (Fsp3) is 0.167. The Bertz CT molecular complexity index is 1310. The number of aromatic hydroxyl groups is 1. The zero-order chi connectivity index (χ0) is 25.4. The van der Waals surface area contributed by atoms with Gasteiger partial charge in [0.2, 0.25) is 0 Å². The summed E-state index contributed by atoms with van der Waals surface area (Å²) in [5, 5.41) is 14.4. The molecule has 3 aromatic rings. The molecule has 0 unspecified atom stereocenters. The number of sulfonamides is 1. The number of anilines is 1. The van der Waals surface area contributed by atoms with Crippen molar-refractivity contribution in [2.24, 2.45) is 5.10 Å². The Morgan fingerprint density at radius 1 is 1.09 bits per heavy atom. The van der Waals surface area contributed by atoms with Gasteiger partial charge in [0, 0.05) is 10.6 Å². The number of halogens is 1. The third-order valence-corrected chi connectivity index (χ3v) is 6.79. The van der Waals surface area contributed by atoms with Gasteiger partial charge in [-0.1, -0.05) is 29.8 Å². The van der Waals surface area contributed by atoms with Crippen LogP contribution in [-0.2, 0) is 14.8 Å². The molecule has 0 fully saturated rings. The van der Waals surface area contributed by atoms with Crippen molar-refractivity contribution < 1.29 is 27.8 Å². The van der Waals surface area contributed by atoms with Crippen molar-refractivity contribution in [1.29, 1.82) is 0 Å². The second-order valence-corrected chi connectivity index (χ2v) is 9.36. The van der Waals surface area contributed by atoms with Gasteiger partial charge in [0.15, 0.2) is 11.5 Å². The van der Waals surface area contributed by atoms with Gasteiger partial charge in [0.05, 0.1) is 30.5 Å². The van der Waals surface area contributed by atoms with Crippen LogP contribution >= 0.6 is 11.6 Å². The van der Waals surface area contributed by atoms with E-state index in [1.807, 2.05) is 0 Å². The number of para-hydroxylation sites is 3. The minimum absolute atomic E-state index is 0.0502. The molecule has 0 bridgehead atoms.